The normalized spacial score (nSPS) is 21.7. The molecule has 0 aliphatic heterocycles. The van der Waals surface area contributed by atoms with Gasteiger partial charge in [0, 0.05) is 19.2 Å². The van der Waals surface area contributed by atoms with Crippen LogP contribution in [0.1, 0.15) is 31.4 Å². The highest BCUT2D eigenvalue weighted by Crippen LogP contribution is 2.27. The Balaban J connectivity index is 1.87. The van der Waals surface area contributed by atoms with E-state index in [4.69, 9.17) is 9.84 Å². The first-order chi connectivity index (χ1) is 11.8. The summed E-state index contributed by atoms with van der Waals surface area (Å²) in [6.45, 7) is 2.53. The summed E-state index contributed by atoms with van der Waals surface area (Å²) in [5.74, 6) is -1.00. The van der Waals surface area contributed by atoms with Crippen molar-refractivity contribution in [1.29, 1.82) is 0 Å². The van der Waals surface area contributed by atoms with Gasteiger partial charge >= 0.3 is 5.97 Å². The number of hydrogen-bond donors (Lipinski definition) is 2. The van der Waals surface area contributed by atoms with Gasteiger partial charge in [0.05, 0.1) is 18.4 Å². The molecular weight excluding hydrogens is 344 g/mol. The number of hydrogen-bond acceptors (Lipinski definition) is 5. The van der Waals surface area contributed by atoms with Gasteiger partial charge in [-0.1, -0.05) is 37.3 Å². The number of likely N-dealkylation sites (N-methyl/N-ethyl adjacent to an activating group) is 1. The molecule has 1 aromatic rings. The maximum absolute atomic E-state index is 12.4. The Bertz CT molecular complexity index is 659. The fraction of sp³-hybridized carbons (Fsp3) is 0.588. The quantitative estimate of drug-likeness (QED) is 0.643. The van der Waals surface area contributed by atoms with Crippen molar-refractivity contribution in [3.8, 4) is 0 Å². The molecule has 1 fully saturated rings. The summed E-state index contributed by atoms with van der Waals surface area (Å²) in [5, 5.41) is 8.90. The average Bonchev–Trinajstić information content (AvgIpc) is 2.54. The van der Waals surface area contributed by atoms with E-state index in [1.807, 2.05) is 42.2 Å². The first kappa shape index (κ1) is 19.8. The van der Waals surface area contributed by atoms with Crippen LogP contribution in [0.15, 0.2) is 30.3 Å². The summed E-state index contributed by atoms with van der Waals surface area (Å²) in [6.07, 6.45) is 0.737. The van der Waals surface area contributed by atoms with Crippen molar-refractivity contribution in [2.45, 2.75) is 38.0 Å². The van der Waals surface area contributed by atoms with Crippen molar-refractivity contribution in [1.82, 2.24) is 9.62 Å². The van der Waals surface area contributed by atoms with Gasteiger partial charge in [-0.05, 0) is 24.9 Å². The number of benzene rings is 1. The van der Waals surface area contributed by atoms with Gasteiger partial charge in [-0.2, -0.15) is 0 Å². The van der Waals surface area contributed by atoms with Crippen molar-refractivity contribution < 1.29 is 23.1 Å². The van der Waals surface area contributed by atoms with Crippen LogP contribution in [0.5, 0.6) is 0 Å². The van der Waals surface area contributed by atoms with Gasteiger partial charge < -0.3 is 9.84 Å². The predicted octanol–water partition coefficient (Wildman–Crippen LogP) is 1.23. The summed E-state index contributed by atoms with van der Waals surface area (Å²) in [7, 11) is -1.99. The SMILES string of the molecule is CCN(CC(=O)O)C1CC(NS(=O)(=O)CC(OC)c2ccccc2)C1. The molecule has 0 heterocycles. The highest BCUT2D eigenvalue weighted by molar-refractivity contribution is 7.89. The van der Waals surface area contributed by atoms with E-state index < -0.39 is 22.1 Å². The fourth-order valence-corrected chi connectivity index (χ4v) is 4.65. The van der Waals surface area contributed by atoms with E-state index in [9.17, 15) is 13.2 Å². The second kappa shape index (κ2) is 8.75. The molecule has 0 radical (unpaired) electrons. The van der Waals surface area contributed by atoms with E-state index in [-0.39, 0.29) is 24.4 Å². The molecule has 1 unspecified atom stereocenters. The standard InChI is InChI=1S/C17H26N2O5S/c1-3-19(11-17(20)21)15-9-14(10-15)18-25(22,23)12-16(24-2)13-7-5-4-6-8-13/h4-8,14-16,18H,3,9-12H2,1-2H3,(H,20,21). The van der Waals surface area contributed by atoms with E-state index in [1.54, 1.807) is 0 Å². The van der Waals surface area contributed by atoms with Gasteiger partial charge in [-0.3, -0.25) is 9.69 Å². The Morgan fingerprint density at radius 2 is 2.00 bits per heavy atom. The lowest BCUT2D eigenvalue weighted by molar-refractivity contribution is -0.139. The molecule has 0 bridgehead atoms. The van der Waals surface area contributed by atoms with Crippen molar-refractivity contribution >= 4 is 16.0 Å². The number of methoxy groups -OCH3 is 1. The zero-order valence-corrected chi connectivity index (χ0v) is 15.4. The topological polar surface area (TPSA) is 95.9 Å². The summed E-state index contributed by atoms with van der Waals surface area (Å²) < 4.78 is 32.8. The number of nitrogens with zero attached hydrogens (tertiary/aromatic N) is 1. The first-order valence-corrected chi connectivity index (χ1v) is 10.0. The van der Waals surface area contributed by atoms with Crippen molar-refractivity contribution in [3.05, 3.63) is 35.9 Å². The predicted molar refractivity (Wildman–Crippen MR) is 94.8 cm³/mol. The average molecular weight is 370 g/mol. The number of carboxylic acid groups (broad SMARTS) is 1. The van der Waals surface area contributed by atoms with Crippen molar-refractivity contribution in [2.24, 2.45) is 0 Å². The summed E-state index contributed by atoms with van der Waals surface area (Å²) >= 11 is 0. The summed E-state index contributed by atoms with van der Waals surface area (Å²) in [5.41, 5.74) is 0.820. The lowest BCUT2D eigenvalue weighted by Crippen LogP contribution is -2.55. The van der Waals surface area contributed by atoms with Crippen molar-refractivity contribution in [3.63, 3.8) is 0 Å². The Kier molecular flexibility index (Phi) is 6.95. The number of sulfonamides is 1. The third-order valence-electron chi connectivity index (χ3n) is 4.55. The lowest BCUT2D eigenvalue weighted by Gasteiger charge is -2.42. The van der Waals surface area contributed by atoms with Gasteiger partial charge in [0.25, 0.3) is 0 Å². The van der Waals surface area contributed by atoms with E-state index in [2.05, 4.69) is 4.72 Å². The van der Waals surface area contributed by atoms with E-state index in [1.165, 1.54) is 7.11 Å². The molecule has 7 nitrogen and oxygen atoms in total. The molecule has 140 valence electrons. The minimum absolute atomic E-state index is 0.0135. The van der Waals surface area contributed by atoms with Gasteiger partial charge in [-0.25, -0.2) is 13.1 Å². The number of carboxylic acids is 1. The molecule has 1 aliphatic rings. The largest absolute Gasteiger partial charge is 0.480 e. The highest BCUT2D eigenvalue weighted by Gasteiger charge is 2.36. The molecule has 1 aromatic carbocycles. The van der Waals surface area contributed by atoms with Crippen LogP contribution >= 0.6 is 0 Å². The van der Waals surface area contributed by atoms with E-state index in [0.717, 1.165) is 5.56 Å². The molecule has 1 aliphatic carbocycles. The third kappa shape index (κ3) is 5.78. The molecule has 25 heavy (non-hydrogen) atoms. The van der Waals surface area contributed by atoms with Gasteiger partial charge in [0.15, 0.2) is 0 Å². The van der Waals surface area contributed by atoms with E-state index in [0.29, 0.717) is 19.4 Å². The maximum Gasteiger partial charge on any atom is 0.317 e. The number of nitrogens with one attached hydrogen (secondary N) is 1. The maximum atomic E-state index is 12.4. The smallest absolute Gasteiger partial charge is 0.317 e. The molecule has 1 atom stereocenters. The molecular formula is C17H26N2O5S. The van der Waals surface area contributed by atoms with Crippen LogP contribution in [0.4, 0.5) is 0 Å². The minimum Gasteiger partial charge on any atom is -0.480 e. The molecule has 0 amide bonds. The summed E-state index contributed by atoms with van der Waals surface area (Å²) in [4.78, 5) is 12.7. The molecule has 2 N–H and O–H groups in total. The minimum atomic E-state index is -3.49. The molecule has 0 aromatic heterocycles. The zero-order valence-electron chi connectivity index (χ0n) is 14.6. The zero-order chi connectivity index (χ0) is 18.4. The first-order valence-electron chi connectivity index (χ1n) is 8.38. The molecule has 1 saturated carbocycles. The third-order valence-corrected chi connectivity index (χ3v) is 5.98. The van der Waals surface area contributed by atoms with E-state index >= 15 is 0 Å². The van der Waals surface area contributed by atoms with Crippen LogP contribution in [0.25, 0.3) is 0 Å². The Morgan fingerprint density at radius 1 is 1.36 bits per heavy atom. The van der Waals surface area contributed by atoms with Crippen LogP contribution < -0.4 is 4.72 Å². The highest BCUT2D eigenvalue weighted by atomic mass is 32.2. The molecule has 0 saturated heterocycles. The van der Waals surface area contributed by atoms with Crippen molar-refractivity contribution in [2.75, 3.05) is 26.0 Å². The number of ether oxygens (including phenoxy) is 1. The summed E-state index contributed by atoms with van der Waals surface area (Å²) in [6, 6.07) is 9.21. The Labute approximate surface area is 149 Å². The van der Waals surface area contributed by atoms with Crippen LogP contribution in [0.3, 0.4) is 0 Å². The van der Waals surface area contributed by atoms with Crippen LogP contribution in [-0.2, 0) is 19.6 Å². The Hall–Kier alpha value is -1.48. The molecule has 0 spiro atoms. The number of carbonyl (C=O) groups is 1. The molecule has 8 heteroatoms. The second-order valence-electron chi connectivity index (χ2n) is 6.31. The monoisotopic (exact) mass is 370 g/mol. The van der Waals surface area contributed by atoms with Crippen LogP contribution in [0.2, 0.25) is 0 Å². The molecule has 2 rings (SSSR count). The van der Waals surface area contributed by atoms with Crippen LogP contribution in [-0.4, -0.2) is 62.4 Å². The second-order valence-corrected chi connectivity index (χ2v) is 8.11. The van der Waals surface area contributed by atoms with Crippen LogP contribution in [0, 0.1) is 0 Å². The Morgan fingerprint density at radius 3 is 2.52 bits per heavy atom. The van der Waals surface area contributed by atoms with Gasteiger partial charge in [-0.15, -0.1) is 0 Å². The lowest BCUT2D eigenvalue weighted by atomic mass is 9.86. The fourth-order valence-electron chi connectivity index (χ4n) is 3.12. The van der Waals surface area contributed by atoms with Gasteiger partial charge in [0.2, 0.25) is 10.0 Å². The number of aliphatic carboxylic acids is 1. The number of rotatable bonds is 10. The van der Waals surface area contributed by atoms with Gasteiger partial charge in [0.1, 0.15) is 0 Å².